The summed E-state index contributed by atoms with van der Waals surface area (Å²) in [5.41, 5.74) is -0.687. The first kappa shape index (κ1) is 12.0. The van der Waals surface area contributed by atoms with Crippen molar-refractivity contribution in [1.29, 1.82) is 0 Å². The van der Waals surface area contributed by atoms with Crippen LogP contribution in [0.2, 0.25) is 0 Å². The summed E-state index contributed by atoms with van der Waals surface area (Å²) < 4.78 is 9.37. The molecule has 1 aliphatic rings. The molecular formula is C10H17NO4. The molecule has 1 fully saturated rings. The minimum absolute atomic E-state index is 0.109. The Hall–Kier alpha value is -1.10. The van der Waals surface area contributed by atoms with E-state index in [1.54, 1.807) is 0 Å². The molecule has 0 atom stereocenters. The van der Waals surface area contributed by atoms with Crippen LogP contribution < -0.4 is 5.32 Å². The van der Waals surface area contributed by atoms with Crippen LogP contribution in [0.1, 0.15) is 19.3 Å². The molecule has 5 heteroatoms. The first-order chi connectivity index (χ1) is 7.14. The standard InChI is InChI=1S/C10H17NO4/c1-14-8(12)7-10(9(13)15-2)3-5-11-6-4-10/h11H,3-7H2,1-2H3. The molecule has 0 aromatic heterocycles. The summed E-state index contributed by atoms with van der Waals surface area (Å²) in [4.78, 5) is 22.9. The lowest BCUT2D eigenvalue weighted by Gasteiger charge is -2.33. The van der Waals surface area contributed by atoms with Gasteiger partial charge in [-0.15, -0.1) is 0 Å². The Balaban J connectivity index is 2.75. The Labute approximate surface area is 89.1 Å². The van der Waals surface area contributed by atoms with Crippen molar-refractivity contribution >= 4 is 11.9 Å². The number of carbonyl (C=O) groups is 2. The second-order valence-electron chi connectivity index (χ2n) is 3.77. The molecule has 1 heterocycles. The highest BCUT2D eigenvalue weighted by Crippen LogP contribution is 2.34. The van der Waals surface area contributed by atoms with E-state index in [0.717, 1.165) is 13.1 Å². The van der Waals surface area contributed by atoms with Crippen molar-refractivity contribution in [2.45, 2.75) is 19.3 Å². The average Bonchev–Trinajstić information content (AvgIpc) is 2.29. The zero-order chi connectivity index (χ0) is 11.3. The first-order valence-electron chi connectivity index (χ1n) is 5.00. The number of nitrogens with one attached hydrogen (secondary N) is 1. The third-order valence-corrected chi connectivity index (χ3v) is 2.89. The number of hydrogen-bond donors (Lipinski definition) is 1. The fourth-order valence-electron chi connectivity index (χ4n) is 1.92. The predicted molar refractivity (Wildman–Crippen MR) is 53.2 cm³/mol. The molecule has 0 bridgehead atoms. The van der Waals surface area contributed by atoms with Crippen LogP contribution >= 0.6 is 0 Å². The smallest absolute Gasteiger partial charge is 0.312 e. The molecule has 0 radical (unpaired) electrons. The lowest BCUT2D eigenvalue weighted by molar-refractivity contribution is -0.161. The van der Waals surface area contributed by atoms with Crippen LogP contribution in [0.4, 0.5) is 0 Å². The Bertz CT molecular complexity index is 246. The van der Waals surface area contributed by atoms with Gasteiger partial charge in [-0.3, -0.25) is 9.59 Å². The number of piperidine rings is 1. The van der Waals surface area contributed by atoms with Crippen molar-refractivity contribution < 1.29 is 19.1 Å². The number of methoxy groups -OCH3 is 2. The highest BCUT2D eigenvalue weighted by Gasteiger charge is 2.42. The molecule has 0 aromatic carbocycles. The summed E-state index contributed by atoms with van der Waals surface area (Å²) in [6, 6.07) is 0. The van der Waals surface area contributed by atoms with Gasteiger partial charge in [0.15, 0.2) is 0 Å². The summed E-state index contributed by atoms with van der Waals surface area (Å²) in [6.45, 7) is 1.46. The fraction of sp³-hybridized carbons (Fsp3) is 0.800. The van der Waals surface area contributed by atoms with E-state index >= 15 is 0 Å². The van der Waals surface area contributed by atoms with Crippen molar-refractivity contribution in [3.8, 4) is 0 Å². The first-order valence-corrected chi connectivity index (χ1v) is 5.00. The van der Waals surface area contributed by atoms with Crippen LogP contribution in [0.25, 0.3) is 0 Å². The third kappa shape index (κ3) is 2.68. The molecule has 1 N–H and O–H groups in total. The van der Waals surface area contributed by atoms with Gasteiger partial charge in [-0.1, -0.05) is 0 Å². The van der Waals surface area contributed by atoms with E-state index in [1.165, 1.54) is 14.2 Å². The summed E-state index contributed by atoms with van der Waals surface area (Å²) in [7, 11) is 2.68. The molecule has 1 rings (SSSR count). The Morgan fingerprint density at radius 3 is 2.27 bits per heavy atom. The van der Waals surface area contributed by atoms with E-state index in [1.807, 2.05) is 0 Å². The van der Waals surface area contributed by atoms with Gasteiger partial charge in [0.25, 0.3) is 0 Å². The van der Waals surface area contributed by atoms with E-state index in [2.05, 4.69) is 10.1 Å². The van der Waals surface area contributed by atoms with Crippen molar-refractivity contribution in [3.05, 3.63) is 0 Å². The lowest BCUT2D eigenvalue weighted by atomic mass is 9.76. The van der Waals surface area contributed by atoms with E-state index in [9.17, 15) is 9.59 Å². The van der Waals surface area contributed by atoms with Gasteiger partial charge in [-0.2, -0.15) is 0 Å². The second kappa shape index (κ2) is 5.11. The average molecular weight is 215 g/mol. The van der Waals surface area contributed by atoms with Gasteiger partial charge in [0.2, 0.25) is 0 Å². The Kier molecular flexibility index (Phi) is 4.08. The minimum Gasteiger partial charge on any atom is -0.469 e. The van der Waals surface area contributed by atoms with Crippen LogP contribution in [0.3, 0.4) is 0 Å². The van der Waals surface area contributed by atoms with Crippen molar-refractivity contribution in [1.82, 2.24) is 5.32 Å². The number of esters is 2. The number of ether oxygens (including phenoxy) is 2. The van der Waals surface area contributed by atoms with E-state index in [4.69, 9.17) is 4.74 Å². The van der Waals surface area contributed by atoms with Crippen molar-refractivity contribution in [3.63, 3.8) is 0 Å². The topological polar surface area (TPSA) is 64.6 Å². The van der Waals surface area contributed by atoms with Gasteiger partial charge in [0.05, 0.1) is 26.1 Å². The summed E-state index contributed by atoms with van der Waals surface area (Å²) in [6.07, 6.45) is 1.35. The fourth-order valence-corrected chi connectivity index (χ4v) is 1.92. The van der Waals surface area contributed by atoms with Gasteiger partial charge >= 0.3 is 11.9 Å². The predicted octanol–water partition coefficient (Wildman–Crippen LogP) is 0.0923. The van der Waals surface area contributed by atoms with Gasteiger partial charge in [-0.25, -0.2) is 0 Å². The molecule has 86 valence electrons. The van der Waals surface area contributed by atoms with Gasteiger partial charge in [0, 0.05) is 0 Å². The van der Waals surface area contributed by atoms with E-state index < -0.39 is 5.41 Å². The van der Waals surface area contributed by atoms with Crippen molar-refractivity contribution in [2.75, 3.05) is 27.3 Å². The van der Waals surface area contributed by atoms with Gasteiger partial charge in [0.1, 0.15) is 0 Å². The van der Waals surface area contributed by atoms with Crippen LogP contribution in [0.15, 0.2) is 0 Å². The summed E-state index contributed by atoms with van der Waals surface area (Å²) in [5.74, 6) is -0.670. The van der Waals surface area contributed by atoms with Crippen molar-refractivity contribution in [2.24, 2.45) is 5.41 Å². The maximum Gasteiger partial charge on any atom is 0.312 e. The third-order valence-electron chi connectivity index (χ3n) is 2.89. The molecule has 0 saturated carbocycles. The Morgan fingerprint density at radius 1 is 1.20 bits per heavy atom. The highest BCUT2D eigenvalue weighted by atomic mass is 16.5. The number of hydrogen-bond acceptors (Lipinski definition) is 5. The zero-order valence-electron chi connectivity index (χ0n) is 9.17. The summed E-state index contributed by atoms with van der Waals surface area (Å²) >= 11 is 0. The molecular weight excluding hydrogens is 198 g/mol. The van der Waals surface area contributed by atoms with Crippen LogP contribution in [0.5, 0.6) is 0 Å². The molecule has 0 amide bonds. The SMILES string of the molecule is COC(=O)CC1(C(=O)OC)CCNCC1. The molecule has 0 aliphatic carbocycles. The lowest BCUT2D eigenvalue weighted by Crippen LogP contribution is -2.44. The molecule has 0 spiro atoms. The zero-order valence-corrected chi connectivity index (χ0v) is 9.17. The molecule has 0 aromatic rings. The molecule has 1 saturated heterocycles. The largest absolute Gasteiger partial charge is 0.469 e. The van der Waals surface area contributed by atoms with E-state index in [-0.39, 0.29) is 18.4 Å². The van der Waals surface area contributed by atoms with E-state index in [0.29, 0.717) is 12.8 Å². The molecule has 5 nitrogen and oxygen atoms in total. The van der Waals surface area contributed by atoms with Crippen LogP contribution in [-0.4, -0.2) is 39.2 Å². The maximum atomic E-state index is 11.7. The normalized spacial score (nSPS) is 19.3. The second-order valence-corrected chi connectivity index (χ2v) is 3.77. The molecule has 1 aliphatic heterocycles. The molecule has 0 unspecified atom stereocenters. The minimum atomic E-state index is -0.687. The number of rotatable bonds is 3. The highest BCUT2D eigenvalue weighted by molar-refractivity contribution is 5.83. The van der Waals surface area contributed by atoms with Gasteiger partial charge < -0.3 is 14.8 Å². The van der Waals surface area contributed by atoms with Gasteiger partial charge in [-0.05, 0) is 25.9 Å². The quantitative estimate of drug-likeness (QED) is 0.676. The monoisotopic (exact) mass is 215 g/mol. The number of carbonyl (C=O) groups excluding carboxylic acids is 2. The van der Waals surface area contributed by atoms with Crippen LogP contribution in [-0.2, 0) is 19.1 Å². The molecule has 15 heavy (non-hydrogen) atoms. The summed E-state index contributed by atoms with van der Waals surface area (Å²) in [5, 5.41) is 3.15. The Morgan fingerprint density at radius 2 is 1.80 bits per heavy atom. The van der Waals surface area contributed by atoms with Crippen LogP contribution in [0, 0.1) is 5.41 Å². The maximum absolute atomic E-state index is 11.7.